The normalized spacial score (nSPS) is 21.7. The number of carbonyl (C=O) groups excluding carboxylic acids is 4. The van der Waals surface area contributed by atoms with Gasteiger partial charge in [-0.25, -0.2) is 14.6 Å². The van der Waals surface area contributed by atoms with Crippen molar-refractivity contribution < 1.29 is 33.4 Å². The Balaban J connectivity index is 1.44. The lowest BCUT2D eigenvalue weighted by Crippen LogP contribution is -2.56. The molecule has 0 radical (unpaired) electrons. The van der Waals surface area contributed by atoms with E-state index < -0.39 is 53.2 Å². The summed E-state index contributed by atoms with van der Waals surface area (Å²) in [5.74, 6) is -1.29. The number of rotatable bonds is 15. The Morgan fingerprint density at radius 1 is 1.14 bits per heavy atom. The van der Waals surface area contributed by atoms with Gasteiger partial charge in [-0.3, -0.25) is 14.6 Å². The highest BCUT2D eigenvalue weighted by atomic mass is 32.1. The molecule has 1 saturated heterocycles. The first-order chi connectivity index (χ1) is 24.4. The minimum absolute atomic E-state index is 0.0596. The molecule has 0 bridgehead atoms. The molecule has 3 aromatic rings. The number of methoxy groups -OCH3 is 1. The molecule has 2 N–H and O–H groups in total. The lowest BCUT2D eigenvalue weighted by molar-refractivity contribution is -0.148. The van der Waals surface area contributed by atoms with Gasteiger partial charge in [-0.2, -0.15) is 0 Å². The molecule has 5 atom stereocenters. The van der Waals surface area contributed by atoms with E-state index in [1.165, 1.54) is 23.3 Å². The highest BCUT2D eigenvalue weighted by Gasteiger charge is 2.62. The number of unbranched alkanes of at least 4 members (excludes halogenated alkanes) is 3. The minimum atomic E-state index is -1.26. The van der Waals surface area contributed by atoms with Crippen LogP contribution < -0.4 is 15.4 Å². The van der Waals surface area contributed by atoms with Gasteiger partial charge in [-0.05, 0) is 70.0 Å². The number of fused-ring (bicyclic) bond motifs is 1. The van der Waals surface area contributed by atoms with Crippen molar-refractivity contribution in [3.8, 4) is 17.1 Å². The van der Waals surface area contributed by atoms with Gasteiger partial charge in [0.15, 0.2) is 0 Å². The van der Waals surface area contributed by atoms with Crippen LogP contribution in [0.25, 0.3) is 21.6 Å². The Kier molecular flexibility index (Phi) is 11.8. The van der Waals surface area contributed by atoms with Crippen molar-refractivity contribution in [1.29, 1.82) is 0 Å². The van der Waals surface area contributed by atoms with Crippen LogP contribution in [-0.4, -0.2) is 81.7 Å². The van der Waals surface area contributed by atoms with Crippen LogP contribution in [-0.2, 0) is 23.9 Å². The van der Waals surface area contributed by atoms with E-state index >= 15 is 0 Å². The third kappa shape index (κ3) is 8.94. The van der Waals surface area contributed by atoms with Gasteiger partial charge >= 0.3 is 12.1 Å². The zero-order valence-electron chi connectivity index (χ0n) is 29.7. The number of pyridine rings is 2. The van der Waals surface area contributed by atoms with Crippen LogP contribution >= 0.6 is 11.3 Å². The predicted molar refractivity (Wildman–Crippen MR) is 195 cm³/mol. The Bertz CT molecular complexity index is 1760. The second kappa shape index (κ2) is 16.1. The SMILES string of the molecule is C=CCCCCCC(NC(=O)OC(C)(C)C)C(=O)N1C[C@H](Oc2cc(-c3ccccn3)nc3ccsc23)C[C@H]1C(=O)N[C@]1(C(=O)OC)C[C@H]1C=C. The van der Waals surface area contributed by atoms with Crippen molar-refractivity contribution >= 4 is 45.4 Å². The van der Waals surface area contributed by atoms with Gasteiger partial charge in [0.25, 0.3) is 0 Å². The summed E-state index contributed by atoms with van der Waals surface area (Å²) in [4.78, 5) is 65.1. The molecule has 272 valence electrons. The van der Waals surface area contributed by atoms with Crippen molar-refractivity contribution in [2.45, 2.75) is 95.0 Å². The van der Waals surface area contributed by atoms with Gasteiger partial charge in [0.05, 0.1) is 35.3 Å². The van der Waals surface area contributed by atoms with Crippen molar-refractivity contribution in [3.63, 3.8) is 0 Å². The summed E-state index contributed by atoms with van der Waals surface area (Å²) in [5.41, 5.74) is -0.00252. The Morgan fingerprint density at radius 2 is 1.94 bits per heavy atom. The van der Waals surface area contributed by atoms with Crippen LogP contribution in [0.15, 0.2) is 67.2 Å². The largest absolute Gasteiger partial charge is 0.487 e. The molecule has 12 nitrogen and oxygen atoms in total. The zero-order chi connectivity index (χ0) is 36.8. The number of ether oxygens (including phenoxy) is 3. The number of allylic oxidation sites excluding steroid dienone is 1. The molecule has 4 heterocycles. The average molecular weight is 718 g/mol. The minimum Gasteiger partial charge on any atom is -0.487 e. The van der Waals surface area contributed by atoms with Gasteiger partial charge in [0.1, 0.15) is 35.1 Å². The van der Waals surface area contributed by atoms with E-state index in [0.29, 0.717) is 36.4 Å². The second-order valence-corrected chi connectivity index (χ2v) is 14.9. The number of alkyl carbamates (subject to hydrolysis) is 1. The number of likely N-dealkylation sites (tertiary alicyclic amines) is 1. The van der Waals surface area contributed by atoms with Gasteiger partial charge in [-0.15, -0.1) is 24.5 Å². The maximum Gasteiger partial charge on any atom is 0.408 e. The molecule has 2 aliphatic rings. The summed E-state index contributed by atoms with van der Waals surface area (Å²) >= 11 is 1.47. The Labute approximate surface area is 302 Å². The fourth-order valence-electron chi connectivity index (χ4n) is 6.42. The van der Waals surface area contributed by atoms with E-state index in [1.807, 2.05) is 41.8 Å². The van der Waals surface area contributed by atoms with Gasteiger partial charge < -0.3 is 29.7 Å². The number of hydrogen-bond donors (Lipinski definition) is 2. The number of aromatic nitrogens is 2. The average Bonchev–Trinajstić information content (AvgIpc) is 3.38. The number of amides is 3. The first-order valence-electron chi connectivity index (χ1n) is 17.3. The molecule has 1 aliphatic carbocycles. The first kappa shape index (κ1) is 37.5. The number of carbonyl (C=O) groups is 4. The van der Waals surface area contributed by atoms with E-state index in [4.69, 9.17) is 19.2 Å². The standard InChI is InChI=1S/C38H47N5O7S/c1-7-9-10-11-12-16-28(41-36(47)50-37(3,4)5)34(45)43-23-25(20-30(43)33(44)42-38(35(46)48-6)22-24(38)8-2)49-31-21-29(26-15-13-14-18-39-26)40-27-17-19-51-32(27)31/h7-8,13-15,17-19,21,24-25,28,30H,1-2,9-12,16,20,22-23H2,3-6H3,(H,41,47)(H,42,44)/t24-,25-,28?,30+,38-/m1/s1. The molecule has 1 saturated carbocycles. The quantitative estimate of drug-likeness (QED) is 0.110. The highest BCUT2D eigenvalue weighted by molar-refractivity contribution is 7.17. The molecule has 13 heteroatoms. The summed E-state index contributed by atoms with van der Waals surface area (Å²) in [6, 6.07) is 7.33. The molecule has 1 aliphatic heterocycles. The summed E-state index contributed by atoms with van der Waals surface area (Å²) in [7, 11) is 1.27. The molecular formula is C38H47N5O7S. The topological polar surface area (TPSA) is 149 Å². The Morgan fingerprint density at radius 3 is 2.61 bits per heavy atom. The molecule has 0 spiro atoms. The van der Waals surface area contributed by atoms with Gasteiger partial charge in [0, 0.05) is 24.6 Å². The number of nitrogens with one attached hydrogen (secondary N) is 2. The fourth-order valence-corrected chi connectivity index (χ4v) is 7.21. The van der Waals surface area contributed by atoms with Crippen LogP contribution in [0.1, 0.15) is 65.7 Å². The number of hydrogen-bond acceptors (Lipinski definition) is 10. The van der Waals surface area contributed by atoms with Crippen LogP contribution in [0.5, 0.6) is 5.75 Å². The van der Waals surface area contributed by atoms with E-state index in [1.54, 1.807) is 33.0 Å². The maximum atomic E-state index is 14.5. The fraction of sp³-hybridized carbons (Fsp3) is 0.474. The van der Waals surface area contributed by atoms with E-state index in [2.05, 4.69) is 28.8 Å². The zero-order valence-corrected chi connectivity index (χ0v) is 30.5. The lowest BCUT2D eigenvalue weighted by Gasteiger charge is -2.30. The third-order valence-electron chi connectivity index (χ3n) is 9.03. The van der Waals surface area contributed by atoms with Crippen molar-refractivity contribution in [1.82, 2.24) is 25.5 Å². The number of thiophene rings is 1. The summed E-state index contributed by atoms with van der Waals surface area (Å²) in [6.45, 7) is 12.9. The molecule has 1 unspecified atom stereocenters. The predicted octanol–water partition coefficient (Wildman–Crippen LogP) is 5.97. The molecular weight excluding hydrogens is 671 g/mol. The van der Waals surface area contributed by atoms with Crippen LogP contribution in [0.3, 0.4) is 0 Å². The van der Waals surface area contributed by atoms with Crippen molar-refractivity contribution in [3.05, 3.63) is 67.2 Å². The highest BCUT2D eigenvalue weighted by Crippen LogP contribution is 2.45. The first-order valence-corrected chi connectivity index (χ1v) is 18.2. The van der Waals surface area contributed by atoms with Crippen LogP contribution in [0.4, 0.5) is 4.79 Å². The van der Waals surface area contributed by atoms with Crippen molar-refractivity contribution in [2.24, 2.45) is 5.92 Å². The molecule has 2 fully saturated rings. The van der Waals surface area contributed by atoms with Crippen LogP contribution in [0.2, 0.25) is 0 Å². The lowest BCUT2D eigenvalue weighted by atomic mass is 10.0. The van der Waals surface area contributed by atoms with Gasteiger partial charge in [0.2, 0.25) is 11.8 Å². The summed E-state index contributed by atoms with van der Waals surface area (Å²) in [6.07, 6.45) is 7.85. The summed E-state index contributed by atoms with van der Waals surface area (Å²) in [5, 5.41) is 7.59. The van der Waals surface area contributed by atoms with E-state index in [0.717, 1.165) is 29.5 Å². The molecule has 5 rings (SSSR count). The van der Waals surface area contributed by atoms with E-state index in [9.17, 15) is 19.2 Å². The Hall–Kier alpha value is -4.78. The number of esters is 1. The molecule has 51 heavy (non-hydrogen) atoms. The maximum absolute atomic E-state index is 14.5. The molecule has 3 aromatic heterocycles. The van der Waals surface area contributed by atoms with E-state index in [-0.39, 0.29) is 18.9 Å². The number of nitrogens with zero attached hydrogens (tertiary/aromatic N) is 3. The third-order valence-corrected chi connectivity index (χ3v) is 9.95. The van der Waals surface area contributed by atoms with Crippen molar-refractivity contribution in [2.75, 3.05) is 13.7 Å². The molecule has 3 amide bonds. The van der Waals surface area contributed by atoms with Crippen LogP contribution in [0, 0.1) is 5.92 Å². The monoisotopic (exact) mass is 717 g/mol. The summed E-state index contributed by atoms with van der Waals surface area (Å²) < 4.78 is 18.0. The smallest absolute Gasteiger partial charge is 0.408 e. The van der Waals surface area contributed by atoms with Gasteiger partial charge in [-0.1, -0.05) is 31.1 Å². The second-order valence-electron chi connectivity index (χ2n) is 14.0. The molecule has 0 aromatic carbocycles.